The molecule has 0 aliphatic rings. The minimum Gasteiger partial charge on any atom is -0.464 e. The van der Waals surface area contributed by atoms with E-state index in [9.17, 15) is 9.18 Å². The van der Waals surface area contributed by atoms with Gasteiger partial charge >= 0.3 is 5.97 Å². The van der Waals surface area contributed by atoms with Gasteiger partial charge in [-0.2, -0.15) is 9.37 Å². The largest absolute Gasteiger partial charge is 0.464 e. The highest BCUT2D eigenvalue weighted by atomic mass is 35.5. The molecule has 0 radical (unpaired) electrons. The van der Waals surface area contributed by atoms with Crippen molar-refractivity contribution in [3.05, 3.63) is 16.0 Å². The summed E-state index contributed by atoms with van der Waals surface area (Å²) in [5, 5.41) is -0.545. The number of esters is 1. The van der Waals surface area contributed by atoms with Gasteiger partial charge in [0.25, 0.3) is 0 Å². The van der Waals surface area contributed by atoms with E-state index in [-0.39, 0.29) is 16.6 Å². The van der Waals surface area contributed by atoms with Crippen LogP contribution in [0.25, 0.3) is 0 Å². The van der Waals surface area contributed by atoms with Crippen molar-refractivity contribution in [3.63, 3.8) is 0 Å². The second-order valence-electron chi connectivity index (χ2n) is 4.63. The average molecular weight is 325 g/mol. The number of carbonyl (C=O) groups excluding carboxylic acids is 1. The van der Waals surface area contributed by atoms with Gasteiger partial charge in [-0.1, -0.05) is 30.1 Å². The monoisotopic (exact) mass is 324 g/mol. The third-order valence-electron chi connectivity index (χ3n) is 2.61. The molecule has 0 fully saturated rings. The number of anilines is 1. The van der Waals surface area contributed by atoms with Crippen LogP contribution >= 0.6 is 23.2 Å². The topological polar surface area (TPSA) is 74.4 Å². The van der Waals surface area contributed by atoms with Gasteiger partial charge in [-0.15, -0.1) is 0 Å². The molecule has 0 spiro atoms. The Kier molecular flexibility index (Phi) is 5.42. The normalized spacial score (nSPS) is 11.3. The quantitative estimate of drug-likeness (QED) is 0.664. The lowest BCUT2D eigenvalue weighted by Gasteiger charge is -2.23. The van der Waals surface area contributed by atoms with E-state index in [4.69, 9.17) is 38.4 Å². The van der Waals surface area contributed by atoms with E-state index in [0.717, 1.165) is 0 Å². The number of nitrogens with zero attached hydrogens (tertiary/aromatic N) is 1. The molecule has 0 aliphatic carbocycles. The third kappa shape index (κ3) is 4.11. The lowest BCUT2D eigenvalue weighted by Crippen LogP contribution is -2.30. The molecule has 1 rings (SSSR count). The Balaban J connectivity index is 2.74. The predicted molar refractivity (Wildman–Crippen MR) is 74.6 cm³/mol. The number of hydrogen-bond donors (Lipinski definition) is 1. The first-order chi connectivity index (χ1) is 9.18. The Morgan fingerprint density at radius 2 is 2.00 bits per heavy atom. The van der Waals surface area contributed by atoms with E-state index in [2.05, 4.69) is 4.98 Å². The van der Waals surface area contributed by atoms with Gasteiger partial charge in [0.2, 0.25) is 11.8 Å². The fourth-order valence-electron chi connectivity index (χ4n) is 1.14. The summed E-state index contributed by atoms with van der Waals surface area (Å²) < 4.78 is 23.4. The standard InChI is InChI=1S/C12H15Cl2FN2O3/c1-4-12(2,3)20-6(18)5-19-11-8(14)9(16)7(13)10(15)17-11/h4-5H2,1-3H3,(H2,16,17). The number of pyridine rings is 1. The van der Waals surface area contributed by atoms with Crippen molar-refractivity contribution in [1.82, 2.24) is 4.98 Å². The summed E-state index contributed by atoms with van der Waals surface area (Å²) in [5.74, 6) is -1.95. The molecule has 2 N–H and O–H groups in total. The van der Waals surface area contributed by atoms with Gasteiger partial charge < -0.3 is 15.2 Å². The van der Waals surface area contributed by atoms with E-state index in [1.165, 1.54) is 0 Å². The molecule has 1 aromatic heterocycles. The number of hydrogen-bond acceptors (Lipinski definition) is 5. The van der Waals surface area contributed by atoms with Crippen LogP contribution in [0.3, 0.4) is 0 Å². The third-order valence-corrected chi connectivity index (χ3v) is 3.33. The van der Waals surface area contributed by atoms with Crippen LogP contribution in [0.5, 0.6) is 5.88 Å². The minimum absolute atomic E-state index is 0.154. The second-order valence-corrected chi connectivity index (χ2v) is 5.38. The van der Waals surface area contributed by atoms with Crippen LogP contribution in [-0.4, -0.2) is 23.2 Å². The van der Waals surface area contributed by atoms with Crippen molar-refractivity contribution >= 4 is 34.9 Å². The highest BCUT2D eigenvalue weighted by Crippen LogP contribution is 2.35. The summed E-state index contributed by atoms with van der Waals surface area (Å²) in [7, 11) is 0. The van der Waals surface area contributed by atoms with Crippen molar-refractivity contribution in [2.75, 3.05) is 12.3 Å². The van der Waals surface area contributed by atoms with Crippen LogP contribution in [0.2, 0.25) is 10.0 Å². The molecule has 8 heteroatoms. The molecule has 0 bridgehead atoms. The number of nitrogens with two attached hydrogens (primary N) is 1. The number of halogens is 3. The van der Waals surface area contributed by atoms with Crippen molar-refractivity contribution in [2.45, 2.75) is 32.8 Å². The second kappa shape index (κ2) is 6.45. The molecule has 1 heterocycles. The smallest absolute Gasteiger partial charge is 0.344 e. The van der Waals surface area contributed by atoms with Crippen molar-refractivity contribution in [2.24, 2.45) is 0 Å². The first-order valence-electron chi connectivity index (χ1n) is 5.82. The van der Waals surface area contributed by atoms with Crippen LogP contribution in [0, 0.1) is 5.95 Å². The zero-order valence-electron chi connectivity index (χ0n) is 11.3. The zero-order chi connectivity index (χ0) is 15.5. The van der Waals surface area contributed by atoms with Gasteiger partial charge in [-0.05, 0) is 20.3 Å². The van der Waals surface area contributed by atoms with Crippen LogP contribution in [-0.2, 0) is 9.53 Å². The molecule has 0 unspecified atom stereocenters. The van der Waals surface area contributed by atoms with Gasteiger partial charge in [0.15, 0.2) is 6.61 Å². The maximum atomic E-state index is 13.3. The summed E-state index contributed by atoms with van der Waals surface area (Å²) in [5.41, 5.74) is 4.67. The van der Waals surface area contributed by atoms with Gasteiger partial charge in [0.1, 0.15) is 15.6 Å². The Morgan fingerprint density at radius 1 is 1.40 bits per heavy atom. The molecule has 0 atom stereocenters. The molecule has 112 valence electrons. The van der Waals surface area contributed by atoms with E-state index in [1.807, 2.05) is 6.92 Å². The molecule has 20 heavy (non-hydrogen) atoms. The van der Waals surface area contributed by atoms with E-state index in [0.29, 0.717) is 6.42 Å². The minimum atomic E-state index is -1.02. The summed E-state index contributed by atoms with van der Waals surface area (Å²) in [6.45, 7) is 4.94. The number of nitrogen functional groups attached to an aromatic ring is 1. The van der Waals surface area contributed by atoms with Crippen LogP contribution in [0.15, 0.2) is 0 Å². The molecule has 0 amide bonds. The maximum Gasteiger partial charge on any atom is 0.344 e. The number of carbonyl (C=O) groups is 1. The van der Waals surface area contributed by atoms with Crippen LogP contribution < -0.4 is 10.5 Å². The van der Waals surface area contributed by atoms with Gasteiger partial charge in [-0.25, -0.2) is 4.79 Å². The Labute approximate surface area is 126 Å². The Morgan fingerprint density at radius 3 is 2.55 bits per heavy atom. The molecule has 5 nitrogen and oxygen atoms in total. The molecule has 1 aromatic rings. The summed E-state index contributed by atoms with van der Waals surface area (Å²) in [4.78, 5) is 15.0. The van der Waals surface area contributed by atoms with E-state index >= 15 is 0 Å². The summed E-state index contributed by atoms with van der Waals surface area (Å²) >= 11 is 11.3. The molecule has 0 aliphatic heterocycles. The summed E-state index contributed by atoms with van der Waals surface area (Å²) in [6, 6.07) is 0. The van der Waals surface area contributed by atoms with E-state index < -0.39 is 29.1 Å². The van der Waals surface area contributed by atoms with Crippen LogP contribution in [0.1, 0.15) is 27.2 Å². The fraction of sp³-hybridized carbons (Fsp3) is 0.500. The van der Waals surface area contributed by atoms with Gasteiger partial charge in [0, 0.05) is 0 Å². The van der Waals surface area contributed by atoms with Crippen LogP contribution in [0.4, 0.5) is 10.1 Å². The average Bonchev–Trinajstić information content (AvgIpc) is 2.38. The maximum absolute atomic E-state index is 13.3. The first kappa shape index (κ1) is 16.8. The Hall–Kier alpha value is -1.27. The lowest BCUT2D eigenvalue weighted by molar-refractivity contribution is -0.159. The van der Waals surface area contributed by atoms with Gasteiger partial charge in [0.05, 0.1) is 5.69 Å². The summed E-state index contributed by atoms with van der Waals surface area (Å²) in [6.07, 6.45) is 0.639. The van der Waals surface area contributed by atoms with Gasteiger partial charge in [-0.3, -0.25) is 0 Å². The van der Waals surface area contributed by atoms with Crippen molar-refractivity contribution in [3.8, 4) is 5.88 Å². The lowest BCUT2D eigenvalue weighted by atomic mass is 10.1. The molecular formula is C12H15Cl2FN2O3. The highest BCUT2D eigenvalue weighted by Gasteiger charge is 2.22. The number of aromatic nitrogens is 1. The first-order valence-corrected chi connectivity index (χ1v) is 6.58. The zero-order valence-corrected chi connectivity index (χ0v) is 12.8. The van der Waals surface area contributed by atoms with Crippen molar-refractivity contribution in [1.29, 1.82) is 0 Å². The van der Waals surface area contributed by atoms with E-state index in [1.54, 1.807) is 13.8 Å². The molecule has 0 aromatic carbocycles. The molecule has 0 saturated heterocycles. The number of rotatable bonds is 5. The Bertz CT molecular complexity index is 524. The SMILES string of the molecule is CCC(C)(C)OC(=O)COc1nc(F)c(Cl)c(N)c1Cl. The van der Waals surface area contributed by atoms with Crippen molar-refractivity contribution < 1.29 is 18.7 Å². The predicted octanol–water partition coefficient (Wildman–Crippen LogP) is 3.22. The number of ether oxygens (including phenoxy) is 2. The fourth-order valence-corrected chi connectivity index (χ4v) is 1.52. The highest BCUT2D eigenvalue weighted by molar-refractivity contribution is 6.39. The molecular weight excluding hydrogens is 310 g/mol. The molecule has 0 saturated carbocycles.